The maximum absolute atomic E-state index is 6.03. The van der Waals surface area contributed by atoms with Gasteiger partial charge in [-0.15, -0.1) is 0 Å². The molecular weight excluding hydrogens is 198 g/mol. The van der Waals surface area contributed by atoms with Crippen molar-refractivity contribution in [1.82, 2.24) is 4.90 Å². The molecule has 1 saturated heterocycles. The maximum atomic E-state index is 6.03. The lowest BCUT2D eigenvalue weighted by Crippen LogP contribution is -2.31. The second-order valence-corrected chi connectivity index (χ2v) is 4.85. The first-order valence-corrected chi connectivity index (χ1v) is 6.63. The first-order valence-electron chi connectivity index (χ1n) is 6.63. The van der Waals surface area contributed by atoms with Crippen LogP contribution in [0.15, 0.2) is 11.1 Å². The molecule has 0 aromatic carbocycles. The van der Waals surface area contributed by atoms with E-state index in [0.29, 0.717) is 0 Å². The predicted octanol–water partition coefficient (Wildman–Crippen LogP) is 3.23. The van der Waals surface area contributed by atoms with Gasteiger partial charge in [-0.3, -0.25) is 0 Å². The van der Waals surface area contributed by atoms with Gasteiger partial charge in [0.2, 0.25) is 0 Å². The largest absolute Gasteiger partial charge is 0.366 e. The minimum Gasteiger partial charge on any atom is -0.366 e. The van der Waals surface area contributed by atoms with Crippen molar-refractivity contribution >= 4 is 0 Å². The standard InChI is InChI=1S/C12H21NO.C2H6/c1-10-9-14-12(11(10)2)5-4-7-13(3)8-6-12;1-2/h4-9H2,1-3H3;1-2H3. The molecule has 2 heterocycles. The van der Waals surface area contributed by atoms with Crippen LogP contribution in [0.25, 0.3) is 0 Å². The van der Waals surface area contributed by atoms with Gasteiger partial charge in [-0.25, -0.2) is 0 Å². The Labute approximate surface area is 101 Å². The van der Waals surface area contributed by atoms with Crippen LogP contribution >= 0.6 is 0 Å². The fourth-order valence-electron chi connectivity index (χ4n) is 2.61. The third-order valence-electron chi connectivity index (χ3n) is 3.91. The highest BCUT2D eigenvalue weighted by Gasteiger charge is 2.39. The van der Waals surface area contributed by atoms with Crippen LogP contribution in [0.1, 0.15) is 47.0 Å². The Balaban J connectivity index is 0.000000606. The Morgan fingerprint density at radius 3 is 2.38 bits per heavy atom. The minimum atomic E-state index is 0.106. The minimum absolute atomic E-state index is 0.106. The van der Waals surface area contributed by atoms with Gasteiger partial charge >= 0.3 is 0 Å². The van der Waals surface area contributed by atoms with Gasteiger partial charge in [0.1, 0.15) is 0 Å². The lowest BCUT2D eigenvalue weighted by atomic mass is 9.87. The first kappa shape index (κ1) is 13.7. The Morgan fingerprint density at radius 2 is 1.81 bits per heavy atom. The van der Waals surface area contributed by atoms with Gasteiger partial charge in [0.05, 0.1) is 12.2 Å². The zero-order chi connectivity index (χ0) is 12.2. The van der Waals surface area contributed by atoms with Gasteiger partial charge in [0.15, 0.2) is 0 Å². The van der Waals surface area contributed by atoms with Crippen molar-refractivity contribution in [3.05, 3.63) is 11.1 Å². The highest BCUT2D eigenvalue weighted by molar-refractivity contribution is 5.26. The first-order chi connectivity index (χ1) is 7.64. The van der Waals surface area contributed by atoms with Crippen molar-refractivity contribution in [3.8, 4) is 0 Å². The number of rotatable bonds is 0. The molecule has 0 saturated carbocycles. The molecular formula is C14H27NO. The van der Waals surface area contributed by atoms with Gasteiger partial charge < -0.3 is 9.64 Å². The number of hydrogen-bond donors (Lipinski definition) is 0. The van der Waals surface area contributed by atoms with Crippen molar-refractivity contribution in [1.29, 1.82) is 0 Å². The van der Waals surface area contributed by atoms with Gasteiger partial charge in [0, 0.05) is 6.54 Å². The molecule has 2 aliphatic heterocycles. The fourth-order valence-corrected chi connectivity index (χ4v) is 2.61. The summed E-state index contributed by atoms with van der Waals surface area (Å²) in [4.78, 5) is 2.42. The zero-order valence-electron chi connectivity index (χ0n) is 11.6. The Bertz CT molecular complexity index is 259. The quantitative estimate of drug-likeness (QED) is 0.587. The van der Waals surface area contributed by atoms with Crippen molar-refractivity contribution in [2.45, 2.75) is 52.6 Å². The molecule has 2 heteroatoms. The molecule has 1 atom stereocenters. The Morgan fingerprint density at radius 1 is 1.12 bits per heavy atom. The molecule has 0 bridgehead atoms. The normalized spacial score (nSPS) is 31.3. The molecule has 0 aromatic heterocycles. The number of ether oxygens (including phenoxy) is 1. The summed E-state index contributed by atoms with van der Waals surface area (Å²) in [6.07, 6.45) is 3.65. The zero-order valence-corrected chi connectivity index (χ0v) is 11.6. The molecule has 1 unspecified atom stereocenters. The van der Waals surface area contributed by atoms with E-state index >= 15 is 0 Å². The molecule has 16 heavy (non-hydrogen) atoms. The van der Waals surface area contributed by atoms with E-state index in [0.717, 1.165) is 6.61 Å². The lowest BCUT2D eigenvalue weighted by Gasteiger charge is -2.29. The second-order valence-electron chi connectivity index (χ2n) is 4.85. The molecule has 1 spiro atoms. The van der Waals surface area contributed by atoms with Crippen LogP contribution in [0.2, 0.25) is 0 Å². The molecule has 2 nitrogen and oxygen atoms in total. The second kappa shape index (κ2) is 5.83. The number of likely N-dealkylation sites (tertiary alicyclic amines) is 1. The van der Waals surface area contributed by atoms with Gasteiger partial charge in [0.25, 0.3) is 0 Å². The van der Waals surface area contributed by atoms with Crippen LogP contribution in [0.3, 0.4) is 0 Å². The smallest absolute Gasteiger partial charge is 0.0909 e. The molecule has 0 aromatic rings. The Kier molecular flexibility index (Phi) is 5.00. The summed E-state index contributed by atoms with van der Waals surface area (Å²) in [6, 6.07) is 0. The van der Waals surface area contributed by atoms with Crippen LogP contribution in [0, 0.1) is 0 Å². The van der Waals surface area contributed by atoms with Gasteiger partial charge in [-0.1, -0.05) is 13.8 Å². The van der Waals surface area contributed by atoms with Crippen LogP contribution in [0.5, 0.6) is 0 Å². The van der Waals surface area contributed by atoms with Crippen molar-refractivity contribution in [2.24, 2.45) is 0 Å². The van der Waals surface area contributed by atoms with E-state index in [4.69, 9.17) is 4.74 Å². The van der Waals surface area contributed by atoms with Gasteiger partial charge in [-0.2, -0.15) is 0 Å². The molecule has 2 rings (SSSR count). The van der Waals surface area contributed by atoms with Crippen LogP contribution < -0.4 is 0 Å². The highest BCUT2D eigenvalue weighted by Crippen LogP contribution is 2.39. The van der Waals surface area contributed by atoms with Crippen LogP contribution in [-0.2, 0) is 4.74 Å². The topological polar surface area (TPSA) is 12.5 Å². The van der Waals surface area contributed by atoms with Crippen molar-refractivity contribution < 1.29 is 4.74 Å². The van der Waals surface area contributed by atoms with Crippen LogP contribution in [-0.4, -0.2) is 37.2 Å². The highest BCUT2D eigenvalue weighted by atomic mass is 16.5. The van der Waals surface area contributed by atoms with E-state index in [1.807, 2.05) is 13.8 Å². The number of nitrogens with zero attached hydrogens (tertiary/aromatic N) is 1. The van der Waals surface area contributed by atoms with E-state index in [1.54, 1.807) is 0 Å². The van der Waals surface area contributed by atoms with Crippen molar-refractivity contribution in [3.63, 3.8) is 0 Å². The molecule has 94 valence electrons. The summed E-state index contributed by atoms with van der Waals surface area (Å²) < 4.78 is 6.03. The third kappa shape index (κ3) is 2.67. The number of hydrogen-bond acceptors (Lipinski definition) is 2. The summed E-state index contributed by atoms with van der Waals surface area (Å²) >= 11 is 0. The van der Waals surface area contributed by atoms with Gasteiger partial charge in [-0.05, 0) is 57.8 Å². The predicted molar refractivity (Wildman–Crippen MR) is 69.8 cm³/mol. The summed E-state index contributed by atoms with van der Waals surface area (Å²) in [5, 5.41) is 0. The maximum Gasteiger partial charge on any atom is 0.0909 e. The monoisotopic (exact) mass is 225 g/mol. The molecule has 0 radical (unpaired) electrons. The average Bonchev–Trinajstić information content (AvgIpc) is 2.50. The van der Waals surface area contributed by atoms with E-state index in [9.17, 15) is 0 Å². The molecule has 0 aliphatic carbocycles. The lowest BCUT2D eigenvalue weighted by molar-refractivity contribution is 0.00630. The third-order valence-corrected chi connectivity index (χ3v) is 3.91. The van der Waals surface area contributed by atoms with Crippen molar-refractivity contribution in [2.75, 3.05) is 26.7 Å². The van der Waals surface area contributed by atoms with E-state index < -0.39 is 0 Å². The summed E-state index contributed by atoms with van der Waals surface area (Å²) in [5.74, 6) is 0. The SMILES string of the molecule is CC.CC1=C(C)C2(CCCN(C)CC2)OC1. The molecule has 0 amide bonds. The average molecular weight is 225 g/mol. The molecule has 1 fully saturated rings. The Hall–Kier alpha value is -0.340. The molecule has 2 aliphatic rings. The fraction of sp³-hybridized carbons (Fsp3) is 0.857. The van der Waals surface area contributed by atoms with Crippen LogP contribution in [0.4, 0.5) is 0 Å². The van der Waals surface area contributed by atoms with E-state index in [2.05, 4.69) is 25.8 Å². The summed E-state index contributed by atoms with van der Waals surface area (Å²) in [5.41, 5.74) is 3.07. The molecule has 0 N–H and O–H groups in total. The van der Waals surface area contributed by atoms with E-state index in [1.165, 1.54) is 43.5 Å². The summed E-state index contributed by atoms with van der Waals surface area (Å²) in [7, 11) is 2.21. The summed E-state index contributed by atoms with van der Waals surface area (Å²) in [6.45, 7) is 11.7. The van der Waals surface area contributed by atoms with E-state index in [-0.39, 0.29) is 5.60 Å².